The average molecular weight is 393 g/mol. The first-order chi connectivity index (χ1) is 14.2. The molecule has 0 bridgehead atoms. The maximum Gasteiger partial charge on any atom is 0.221 e. The smallest absolute Gasteiger partial charge is 0.221 e. The van der Waals surface area contributed by atoms with E-state index in [0.717, 1.165) is 62.5 Å². The molecule has 2 aliphatic rings. The highest BCUT2D eigenvalue weighted by Crippen LogP contribution is 2.19. The summed E-state index contributed by atoms with van der Waals surface area (Å²) in [5.74, 6) is 0.229. The number of nitrogens with one attached hydrogen (secondary N) is 1. The molecule has 0 saturated carbocycles. The number of fused-ring (bicyclic) bond motifs is 1. The lowest BCUT2D eigenvalue weighted by atomic mass is 9.94. The van der Waals surface area contributed by atoms with Gasteiger partial charge in [0.1, 0.15) is 0 Å². The summed E-state index contributed by atoms with van der Waals surface area (Å²) >= 11 is 0. The van der Waals surface area contributed by atoms with Crippen LogP contribution in [0.15, 0.2) is 42.5 Å². The van der Waals surface area contributed by atoms with E-state index in [1.807, 2.05) is 18.2 Å². The number of piperazine rings is 1. The van der Waals surface area contributed by atoms with E-state index in [1.165, 1.54) is 5.69 Å². The van der Waals surface area contributed by atoms with Crippen LogP contribution in [-0.2, 0) is 17.8 Å². The fraction of sp³-hybridized carbons (Fsp3) is 0.435. The number of aromatic nitrogens is 1. The van der Waals surface area contributed by atoms with Crippen LogP contribution in [-0.4, -0.2) is 54.3 Å². The SMILES string of the molecule is O=C(CCN1CCN(c2ccccc2)CC1)NCc1ccc2c(n1)CCCC2=O. The molecule has 1 fully saturated rings. The molecule has 1 aliphatic heterocycles. The van der Waals surface area contributed by atoms with Crippen molar-refractivity contribution < 1.29 is 9.59 Å². The van der Waals surface area contributed by atoms with Gasteiger partial charge in [0.25, 0.3) is 0 Å². The molecule has 29 heavy (non-hydrogen) atoms. The Hall–Kier alpha value is -2.73. The fourth-order valence-corrected chi connectivity index (χ4v) is 4.05. The summed E-state index contributed by atoms with van der Waals surface area (Å²) in [6.45, 7) is 5.13. The van der Waals surface area contributed by atoms with Crippen LogP contribution >= 0.6 is 0 Å². The van der Waals surface area contributed by atoms with Crippen LogP contribution in [0.5, 0.6) is 0 Å². The average Bonchev–Trinajstić information content (AvgIpc) is 2.77. The van der Waals surface area contributed by atoms with Gasteiger partial charge in [0, 0.05) is 56.8 Å². The summed E-state index contributed by atoms with van der Waals surface area (Å²) in [4.78, 5) is 33.4. The first-order valence-electron chi connectivity index (χ1n) is 10.5. The number of hydrogen-bond donors (Lipinski definition) is 1. The number of pyridine rings is 1. The van der Waals surface area contributed by atoms with Gasteiger partial charge in [-0.15, -0.1) is 0 Å². The molecule has 4 rings (SSSR count). The van der Waals surface area contributed by atoms with Gasteiger partial charge in [0.2, 0.25) is 5.91 Å². The van der Waals surface area contributed by atoms with E-state index >= 15 is 0 Å². The van der Waals surface area contributed by atoms with Gasteiger partial charge < -0.3 is 10.2 Å². The molecule has 2 aromatic rings. The molecule has 152 valence electrons. The van der Waals surface area contributed by atoms with Crippen molar-refractivity contribution in [2.45, 2.75) is 32.2 Å². The van der Waals surface area contributed by atoms with Gasteiger partial charge in [-0.05, 0) is 37.1 Å². The quantitative estimate of drug-likeness (QED) is 0.818. The van der Waals surface area contributed by atoms with Gasteiger partial charge in [0.15, 0.2) is 5.78 Å². The van der Waals surface area contributed by atoms with Gasteiger partial charge in [-0.3, -0.25) is 19.5 Å². The van der Waals surface area contributed by atoms with Crippen molar-refractivity contribution >= 4 is 17.4 Å². The minimum absolute atomic E-state index is 0.0473. The van der Waals surface area contributed by atoms with E-state index in [1.54, 1.807) is 0 Å². The second kappa shape index (κ2) is 9.18. The Morgan fingerprint density at radius 3 is 2.59 bits per heavy atom. The zero-order chi connectivity index (χ0) is 20.1. The molecular weight excluding hydrogens is 364 g/mol. The lowest BCUT2D eigenvalue weighted by Gasteiger charge is -2.36. The summed E-state index contributed by atoms with van der Waals surface area (Å²) in [7, 11) is 0. The minimum Gasteiger partial charge on any atom is -0.369 e. The number of nitrogens with zero attached hydrogens (tertiary/aromatic N) is 3. The Morgan fingerprint density at radius 1 is 1.00 bits per heavy atom. The molecule has 6 heteroatoms. The van der Waals surface area contributed by atoms with Gasteiger partial charge >= 0.3 is 0 Å². The monoisotopic (exact) mass is 392 g/mol. The van der Waals surface area contributed by atoms with Crippen LogP contribution in [0.25, 0.3) is 0 Å². The Morgan fingerprint density at radius 2 is 1.79 bits per heavy atom. The van der Waals surface area contributed by atoms with Crippen LogP contribution in [0.2, 0.25) is 0 Å². The van der Waals surface area contributed by atoms with Gasteiger partial charge in [-0.2, -0.15) is 0 Å². The van der Waals surface area contributed by atoms with E-state index in [4.69, 9.17) is 0 Å². The van der Waals surface area contributed by atoms with Crippen molar-refractivity contribution in [2.24, 2.45) is 0 Å². The number of aryl methyl sites for hydroxylation is 1. The first kappa shape index (κ1) is 19.6. The Bertz CT molecular complexity index is 860. The number of hydrogen-bond acceptors (Lipinski definition) is 5. The maximum atomic E-state index is 12.3. The van der Waals surface area contributed by atoms with Crippen LogP contribution in [0.3, 0.4) is 0 Å². The molecule has 1 N–H and O–H groups in total. The van der Waals surface area contributed by atoms with Gasteiger partial charge in [0.05, 0.1) is 17.9 Å². The van der Waals surface area contributed by atoms with E-state index in [-0.39, 0.29) is 11.7 Å². The molecule has 1 amide bonds. The second-order valence-corrected chi connectivity index (χ2v) is 7.76. The highest BCUT2D eigenvalue weighted by Gasteiger charge is 2.19. The molecule has 0 unspecified atom stereocenters. The van der Waals surface area contributed by atoms with Crippen molar-refractivity contribution in [3.05, 3.63) is 59.4 Å². The number of carbonyl (C=O) groups excluding carboxylic acids is 2. The number of carbonyl (C=O) groups is 2. The van der Waals surface area contributed by atoms with Crippen LogP contribution in [0.4, 0.5) is 5.69 Å². The number of para-hydroxylation sites is 1. The predicted molar refractivity (Wildman–Crippen MR) is 113 cm³/mol. The standard InChI is InChI=1S/C23H28N4O2/c28-22-8-4-7-21-20(22)10-9-18(25-21)17-24-23(29)11-12-26-13-15-27(16-14-26)19-5-2-1-3-6-19/h1-3,5-6,9-10H,4,7-8,11-17H2,(H,24,29). The topological polar surface area (TPSA) is 65.5 Å². The third-order valence-electron chi connectivity index (χ3n) is 5.77. The minimum atomic E-state index is 0.0473. The highest BCUT2D eigenvalue weighted by atomic mass is 16.1. The number of amides is 1. The largest absolute Gasteiger partial charge is 0.369 e. The van der Waals surface area contributed by atoms with Crippen molar-refractivity contribution in [2.75, 3.05) is 37.6 Å². The van der Waals surface area contributed by atoms with Gasteiger partial charge in [-0.1, -0.05) is 18.2 Å². The van der Waals surface area contributed by atoms with Crippen molar-refractivity contribution in [1.29, 1.82) is 0 Å². The Labute approximate surface area is 171 Å². The third-order valence-corrected chi connectivity index (χ3v) is 5.77. The summed E-state index contributed by atoms with van der Waals surface area (Å²) in [6.07, 6.45) is 2.82. The molecule has 2 heterocycles. The number of Topliss-reactive ketones (excluding diaryl/α,β-unsaturated/α-hetero) is 1. The normalized spacial score (nSPS) is 17.1. The molecule has 0 spiro atoms. The summed E-state index contributed by atoms with van der Waals surface area (Å²) in [5, 5.41) is 2.97. The lowest BCUT2D eigenvalue weighted by Crippen LogP contribution is -2.47. The lowest BCUT2D eigenvalue weighted by molar-refractivity contribution is -0.121. The van der Waals surface area contributed by atoms with Gasteiger partial charge in [-0.25, -0.2) is 0 Å². The molecule has 1 aromatic heterocycles. The summed E-state index contributed by atoms with van der Waals surface area (Å²) in [5.41, 5.74) is 3.72. The zero-order valence-corrected chi connectivity index (χ0v) is 16.8. The Kier molecular flexibility index (Phi) is 6.20. The number of benzene rings is 1. The maximum absolute atomic E-state index is 12.3. The molecule has 1 aliphatic carbocycles. The Balaban J connectivity index is 1.19. The molecule has 0 atom stereocenters. The molecule has 1 saturated heterocycles. The van der Waals surface area contributed by atoms with E-state index in [2.05, 4.69) is 44.4 Å². The summed E-state index contributed by atoms with van der Waals surface area (Å²) in [6, 6.07) is 14.2. The third kappa shape index (κ3) is 5.01. The molecular formula is C23H28N4O2. The van der Waals surface area contributed by atoms with Crippen molar-refractivity contribution in [1.82, 2.24) is 15.2 Å². The van der Waals surface area contributed by atoms with E-state index in [0.29, 0.717) is 19.4 Å². The van der Waals surface area contributed by atoms with E-state index < -0.39 is 0 Å². The van der Waals surface area contributed by atoms with Crippen LogP contribution in [0.1, 0.15) is 41.0 Å². The van der Waals surface area contributed by atoms with Crippen LogP contribution < -0.4 is 10.2 Å². The first-order valence-corrected chi connectivity index (χ1v) is 10.5. The number of anilines is 1. The van der Waals surface area contributed by atoms with Crippen molar-refractivity contribution in [3.8, 4) is 0 Å². The predicted octanol–water partition coefficient (Wildman–Crippen LogP) is 2.43. The van der Waals surface area contributed by atoms with Crippen LogP contribution in [0, 0.1) is 0 Å². The number of rotatable bonds is 6. The van der Waals surface area contributed by atoms with Crippen molar-refractivity contribution in [3.63, 3.8) is 0 Å². The zero-order valence-electron chi connectivity index (χ0n) is 16.8. The molecule has 0 radical (unpaired) electrons. The molecule has 1 aromatic carbocycles. The van der Waals surface area contributed by atoms with E-state index in [9.17, 15) is 9.59 Å². The number of ketones is 1. The fourth-order valence-electron chi connectivity index (χ4n) is 4.05. The molecule has 6 nitrogen and oxygen atoms in total. The second-order valence-electron chi connectivity index (χ2n) is 7.76. The highest BCUT2D eigenvalue weighted by molar-refractivity contribution is 5.97. The summed E-state index contributed by atoms with van der Waals surface area (Å²) < 4.78 is 0.